The van der Waals surface area contributed by atoms with Crippen molar-refractivity contribution in [3.63, 3.8) is 0 Å². The van der Waals surface area contributed by atoms with Crippen molar-refractivity contribution in [1.82, 2.24) is 0 Å². The molecule has 0 unspecified atom stereocenters. The molecule has 3 rings (SSSR count). The summed E-state index contributed by atoms with van der Waals surface area (Å²) < 4.78 is 0. The van der Waals surface area contributed by atoms with Crippen LogP contribution in [0.4, 0.5) is 0 Å². The molecule has 22 heavy (non-hydrogen) atoms. The van der Waals surface area contributed by atoms with Crippen molar-refractivity contribution in [3.8, 4) is 6.07 Å². The van der Waals surface area contributed by atoms with Crippen molar-refractivity contribution in [3.05, 3.63) is 34.9 Å². The molecule has 2 nitrogen and oxygen atoms in total. The van der Waals surface area contributed by atoms with E-state index in [1.54, 1.807) is 6.08 Å². The predicted octanol–water partition coefficient (Wildman–Crippen LogP) is 5.03. The SMILES string of the molecule is N#CC=C1C=C(C2CCCCC2)C(=O)C(C2CCCCC2)=C1. The van der Waals surface area contributed by atoms with Crippen molar-refractivity contribution in [1.29, 1.82) is 5.26 Å². The lowest BCUT2D eigenvalue weighted by Crippen LogP contribution is -2.25. The van der Waals surface area contributed by atoms with Gasteiger partial charge in [0.2, 0.25) is 0 Å². The molecule has 0 heterocycles. The second kappa shape index (κ2) is 7.09. The zero-order valence-electron chi connectivity index (χ0n) is 13.3. The summed E-state index contributed by atoms with van der Waals surface area (Å²) >= 11 is 0. The number of ketones is 1. The van der Waals surface area contributed by atoms with Crippen LogP contribution in [0.25, 0.3) is 0 Å². The Balaban J connectivity index is 1.88. The number of carbonyl (C=O) groups is 1. The van der Waals surface area contributed by atoms with Crippen molar-refractivity contribution >= 4 is 5.78 Å². The highest BCUT2D eigenvalue weighted by molar-refractivity contribution is 6.11. The molecule has 2 heteroatoms. The van der Waals surface area contributed by atoms with Gasteiger partial charge in [-0.05, 0) is 55.2 Å². The highest BCUT2D eigenvalue weighted by Crippen LogP contribution is 2.39. The number of nitrogens with zero attached hydrogens (tertiary/aromatic N) is 1. The van der Waals surface area contributed by atoms with Crippen LogP contribution in [0, 0.1) is 23.2 Å². The van der Waals surface area contributed by atoms with E-state index in [4.69, 9.17) is 5.26 Å². The van der Waals surface area contributed by atoms with Crippen molar-refractivity contribution in [2.24, 2.45) is 11.8 Å². The molecule has 0 saturated heterocycles. The zero-order valence-corrected chi connectivity index (χ0v) is 13.3. The van der Waals surface area contributed by atoms with E-state index in [0.29, 0.717) is 11.8 Å². The summed E-state index contributed by atoms with van der Waals surface area (Å²) in [7, 11) is 0. The van der Waals surface area contributed by atoms with E-state index in [2.05, 4.69) is 6.07 Å². The van der Waals surface area contributed by atoms with E-state index in [1.165, 1.54) is 38.5 Å². The third kappa shape index (κ3) is 3.24. The molecule has 0 aromatic heterocycles. The molecule has 0 aliphatic heterocycles. The van der Waals surface area contributed by atoms with E-state index in [-0.39, 0.29) is 5.78 Å². The summed E-state index contributed by atoms with van der Waals surface area (Å²) in [5.74, 6) is 1.11. The van der Waals surface area contributed by atoms with Crippen LogP contribution in [0.2, 0.25) is 0 Å². The van der Waals surface area contributed by atoms with Gasteiger partial charge in [-0.25, -0.2) is 0 Å². The van der Waals surface area contributed by atoms with Gasteiger partial charge in [0.15, 0.2) is 5.78 Å². The Hall–Kier alpha value is -1.62. The van der Waals surface area contributed by atoms with E-state index in [1.807, 2.05) is 12.2 Å². The van der Waals surface area contributed by atoms with Gasteiger partial charge in [-0.1, -0.05) is 38.5 Å². The van der Waals surface area contributed by atoms with E-state index in [0.717, 1.165) is 42.4 Å². The Bertz CT molecular complexity index is 521. The smallest absolute Gasteiger partial charge is 0.185 e. The molecule has 3 aliphatic rings. The van der Waals surface area contributed by atoms with Gasteiger partial charge in [-0.15, -0.1) is 0 Å². The molecular weight excluding hydrogens is 270 g/mol. The molecule has 0 aromatic carbocycles. The maximum atomic E-state index is 13.0. The first-order valence-electron chi connectivity index (χ1n) is 8.87. The summed E-state index contributed by atoms with van der Waals surface area (Å²) in [6.45, 7) is 0. The van der Waals surface area contributed by atoms with Gasteiger partial charge in [0.1, 0.15) is 0 Å². The number of carbonyl (C=O) groups excluding carboxylic acids is 1. The average molecular weight is 295 g/mol. The molecule has 0 N–H and O–H groups in total. The van der Waals surface area contributed by atoms with Crippen LogP contribution in [-0.2, 0) is 4.79 Å². The first-order valence-corrected chi connectivity index (χ1v) is 8.87. The summed E-state index contributed by atoms with van der Waals surface area (Å²) in [6.07, 6.45) is 17.6. The topological polar surface area (TPSA) is 40.9 Å². The van der Waals surface area contributed by atoms with Gasteiger partial charge < -0.3 is 0 Å². The fourth-order valence-electron chi connectivity index (χ4n) is 4.29. The molecule has 0 spiro atoms. The molecule has 3 aliphatic carbocycles. The molecule has 2 fully saturated rings. The average Bonchev–Trinajstić information content (AvgIpc) is 2.58. The van der Waals surface area contributed by atoms with Gasteiger partial charge in [-0.3, -0.25) is 4.79 Å². The largest absolute Gasteiger partial charge is 0.289 e. The van der Waals surface area contributed by atoms with Crippen LogP contribution in [0.1, 0.15) is 64.2 Å². The lowest BCUT2D eigenvalue weighted by molar-refractivity contribution is -0.113. The van der Waals surface area contributed by atoms with Gasteiger partial charge in [0, 0.05) is 17.2 Å². The highest BCUT2D eigenvalue weighted by Gasteiger charge is 2.31. The van der Waals surface area contributed by atoms with Gasteiger partial charge >= 0.3 is 0 Å². The summed E-state index contributed by atoms with van der Waals surface area (Å²) in [4.78, 5) is 13.0. The van der Waals surface area contributed by atoms with Crippen LogP contribution in [0.3, 0.4) is 0 Å². The third-order valence-corrected chi connectivity index (χ3v) is 5.49. The number of nitriles is 1. The Morgan fingerprint density at radius 2 is 1.32 bits per heavy atom. The van der Waals surface area contributed by atoms with Crippen LogP contribution in [0.15, 0.2) is 34.9 Å². The van der Waals surface area contributed by atoms with Crippen LogP contribution in [0.5, 0.6) is 0 Å². The Labute approximate surface area is 133 Å². The number of Topliss-reactive ketones (excluding diaryl/α,β-unsaturated/α-hetero) is 1. The lowest BCUT2D eigenvalue weighted by Gasteiger charge is -2.30. The first kappa shape index (κ1) is 15.3. The predicted molar refractivity (Wildman–Crippen MR) is 88.0 cm³/mol. The minimum absolute atomic E-state index is 0.286. The molecule has 0 atom stereocenters. The minimum atomic E-state index is 0.286. The van der Waals surface area contributed by atoms with E-state index >= 15 is 0 Å². The van der Waals surface area contributed by atoms with Gasteiger partial charge in [0.05, 0.1) is 6.07 Å². The monoisotopic (exact) mass is 295 g/mol. The third-order valence-electron chi connectivity index (χ3n) is 5.49. The number of hydrogen-bond acceptors (Lipinski definition) is 2. The Morgan fingerprint density at radius 3 is 1.73 bits per heavy atom. The van der Waals surface area contributed by atoms with Gasteiger partial charge in [-0.2, -0.15) is 5.26 Å². The maximum absolute atomic E-state index is 13.0. The summed E-state index contributed by atoms with van der Waals surface area (Å²) in [5, 5.41) is 9.01. The van der Waals surface area contributed by atoms with Gasteiger partial charge in [0.25, 0.3) is 0 Å². The van der Waals surface area contributed by atoms with E-state index < -0.39 is 0 Å². The van der Waals surface area contributed by atoms with E-state index in [9.17, 15) is 4.79 Å². The quantitative estimate of drug-likeness (QED) is 0.670. The second-order valence-corrected chi connectivity index (χ2v) is 6.97. The maximum Gasteiger partial charge on any atom is 0.185 e. The highest BCUT2D eigenvalue weighted by atomic mass is 16.1. The Morgan fingerprint density at radius 1 is 0.864 bits per heavy atom. The van der Waals surface area contributed by atoms with Crippen molar-refractivity contribution in [2.45, 2.75) is 64.2 Å². The molecule has 116 valence electrons. The molecule has 0 amide bonds. The zero-order chi connectivity index (χ0) is 15.4. The summed E-state index contributed by atoms with van der Waals surface area (Å²) in [5.41, 5.74) is 2.91. The minimum Gasteiger partial charge on any atom is -0.289 e. The van der Waals surface area contributed by atoms with Crippen molar-refractivity contribution in [2.75, 3.05) is 0 Å². The second-order valence-electron chi connectivity index (χ2n) is 6.97. The van der Waals surface area contributed by atoms with Crippen LogP contribution in [-0.4, -0.2) is 5.78 Å². The first-order chi connectivity index (χ1) is 10.8. The van der Waals surface area contributed by atoms with Crippen LogP contribution < -0.4 is 0 Å². The van der Waals surface area contributed by atoms with Crippen molar-refractivity contribution < 1.29 is 4.79 Å². The summed E-state index contributed by atoms with van der Waals surface area (Å²) in [6, 6.07) is 2.14. The lowest BCUT2D eigenvalue weighted by atomic mass is 9.73. The molecular formula is C20H25NO. The number of allylic oxidation sites excluding steroid dienone is 6. The molecule has 0 aromatic rings. The molecule has 2 saturated carbocycles. The molecule has 0 bridgehead atoms. The standard InChI is InChI=1S/C20H25NO/c21-12-11-15-13-18(16-7-3-1-4-8-16)20(22)19(14-15)17-9-5-2-6-10-17/h11,13-14,16-17H,1-10H2. The number of rotatable bonds is 2. The molecule has 0 radical (unpaired) electrons. The Kier molecular flexibility index (Phi) is 4.93. The fourth-order valence-corrected chi connectivity index (χ4v) is 4.29. The number of hydrogen-bond donors (Lipinski definition) is 0. The van der Waals surface area contributed by atoms with Crippen LogP contribution >= 0.6 is 0 Å². The normalized spacial score (nSPS) is 24.5. The fraction of sp³-hybridized carbons (Fsp3) is 0.600.